The number of hydrogen-bond acceptors (Lipinski definition) is 6. The molecule has 0 atom stereocenters. The highest BCUT2D eigenvalue weighted by Crippen LogP contribution is 2.26. The molecule has 4 rings (SSSR count). The minimum absolute atomic E-state index is 0.0770. The summed E-state index contributed by atoms with van der Waals surface area (Å²) in [4.78, 5) is 32.6. The molecule has 0 unspecified atom stereocenters. The summed E-state index contributed by atoms with van der Waals surface area (Å²) < 4.78 is 1.85. The zero-order valence-corrected chi connectivity index (χ0v) is 17.1. The maximum atomic E-state index is 12.2. The Morgan fingerprint density at radius 2 is 1.97 bits per heavy atom. The maximum Gasteiger partial charge on any atom is 0.258 e. The first-order chi connectivity index (χ1) is 14.6. The smallest absolute Gasteiger partial charge is 0.258 e. The second kappa shape index (κ2) is 8.91. The van der Waals surface area contributed by atoms with Crippen molar-refractivity contribution >= 4 is 34.3 Å². The van der Waals surface area contributed by atoms with E-state index in [0.29, 0.717) is 36.0 Å². The summed E-state index contributed by atoms with van der Waals surface area (Å²) in [6.07, 6.45) is 3.11. The molecule has 2 N–H and O–H groups in total. The molecule has 0 aliphatic heterocycles. The Bertz CT molecular complexity index is 1230. The summed E-state index contributed by atoms with van der Waals surface area (Å²) in [6.45, 7) is 0. The Hall–Kier alpha value is -3.46. The number of nitrogens with one attached hydrogen (secondary N) is 2. The molecular weight excluding hydrogens is 400 g/mol. The van der Waals surface area contributed by atoms with E-state index in [1.54, 1.807) is 12.4 Å². The first kappa shape index (κ1) is 19.8. The summed E-state index contributed by atoms with van der Waals surface area (Å²) in [5, 5.41) is 12.2. The molecule has 0 saturated heterocycles. The van der Waals surface area contributed by atoms with Gasteiger partial charge in [0.15, 0.2) is 5.16 Å². The first-order valence-electron chi connectivity index (χ1n) is 9.48. The van der Waals surface area contributed by atoms with E-state index in [1.807, 2.05) is 54.1 Å². The largest absolute Gasteiger partial charge is 0.326 e. The van der Waals surface area contributed by atoms with Crippen LogP contribution in [0.15, 0.2) is 69.7 Å². The SMILES string of the molecule is Cn1cnnc1Sc1ccc(NC(=O)CCCc2nc3ccccc3c(=O)[nH]2)cc1. The van der Waals surface area contributed by atoms with Crippen LogP contribution in [0.1, 0.15) is 18.7 Å². The number of fused-ring (bicyclic) bond motifs is 1. The molecule has 2 heterocycles. The molecule has 0 spiro atoms. The molecule has 0 aliphatic rings. The summed E-state index contributed by atoms with van der Waals surface area (Å²) >= 11 is 1.50. The average Bonchev–Trinajstić information content (AvgIpc) is 3.14. The number of anilines is 1. The van der Waals surface area contributed by atoms with Crippen molar-refractivity contribution in [1.29, 1.82) is 0 Å². The zero-order valence-electron chi connectivity index (χ0n) is 16.3. The van der Waals surface area contributed by atoms with Crippen LogP contribution in [-0.4, -0.2) is 30.6 Å². The van der Waals surface area contributed by atoms with Crippen LogP contribution in [0.2, 0.25) is 0 Å². The molecule has 152 valence electrons. The second-order valence-electron chi connectivity index (χ2n) is 6.78. The third-order valence-corrected chi connectivity index (χ3v) is 5.56. The molecule has 30 heavy (non-hydrogen) atoms. The van der Waals surface area contributed by atoms with Crippen LogP contribution in [0.3, 0.4) is 0 Å². The predicted molar refractivity (Wildman–Crippen MR) is 115 cm³/mol. The van der Waals surface area contributed by atoms with Gasteiger partial charge in [-0.25, -0.2) is 4.98 Å². The van der Waals surface area contributed by atoms with Crippen molar-refractivity contribution in [2.75, 3.05) is 5.32 Å². The fourth-order valence-corrected chi connectivity index (χ4v) is 3.73. The van der Waals surface area contributed by atoms with E-state index < -0.39 is 0 Å². The van der Waals surface area contributed by atoms with Crippen molar-refractivity contribution in [2.24, 2.45) is 7.05 Å². The minimum Gasteiger partial charge on any atom is -0.326 e. The van der Waals surface area contributed by atoms with E-state index in [-0.39, 0.29) is 11.5 Å². The van der Waals surface area contributed by atoms with Gasteiger partial charge in [-0.15, -0.1) is 10.2 Å². The molecule has 0 aliphatic carbocycles. The molecule has 4 aromatic rings. The lowest BCUT2D eigenvalue weighted by molar-refractivity contribution is -0.116. The van der Waals surface area contributed by atoms with Gasteiger partial charge in [0.25, 0.3) is 5.56 Å². The lowest BCUT2D eigenvalue weighted by atomic mass is 10.2. The van der Waals surface area contributed by atoms with Gasteiger partial charge in [-0.1, -0.05) is 12.1 Å². The van der Waals surface area contributed by atoms with E-state index in [4.69, 9.17) is 0 Å². The molecular formula is C21H20N6O2S. The fourth-order valence-electron chi connectivity index (χ4n) is 2.97. The monoisotopic (exact) mass is 420 g/mol. The van der Waals surface area contributed by atoms with Crippen LogP contribution >= 0.6 is 11.8 Å². The molecule has 0 bridgehead atoms. The van der Waals surface area contributed by atoms with Crippen LogP contribution in [0.4, 0.5) is 5.69 Å². The van der Waals surface area contributed by atoms with Gasteiger partial charge in [0.2, 0.25) is 5.91 Å². The summed E-state index contributed by atoms with van der Waals surface area (Å²) in [5.41, 5.74) is 1.25. The predicted octanol–water partition coefficient (Wildman–Crippen LogP) is 3.16. The van der Waals surface area contributed by atoms with Crippen LogP contribution in [0.5, 0.6) is 0 Å². The quantitative estimate of drug-likeness (QED) is 0.476. The number of amides is 1. The number of carbonyl (C=O) groups excluding carboxylic acids is 1. The number of aryl methyl sites for hydroxylation is 2. The van der Waals surface area contributed by atoms with E-state index in [9.17, 15) is 9.59 Å². The number of hydrogen-bond donors (Lipinski definition) is 2. The van der Waals surface area contributed by atoms with Crippen LogP contribution in [-0.2, 0) is 18.3 Å². The summed E-state index contributed by atoms with van der Waals surface area (Å²) in [5.74, 6) is 0.517. The Balaban J connectivity index is 1.29. The van der Waals surface area contributed by atoms with Crippen molar-refractivity contribution in [1.82, 2.24) is 24.7 Å². The van der Waals surface area contributed by atoms with Gasteiger partial charge in [0, 0.05) is 30.5 Å². The second-order valence-corrected chi connectivity index (χ2v) is 7.82. The lowest BCUT2D eigenvalue weighted by Crippen LogP contribution is -2.14. The topological polar surface area (TPSA) is 106 Å². The number of benzene rings is 2. The molecule has 0 radical (unpaired) electrons. The van der Waals surface area contributed by atoms with Crippen LogP contribution in [0, 0.1) is 0 Å². The molecule has 9 heteroatoms. The van der Waals surface area contributed by atoms with Gasteiger partial charge in [-0.3, -0.25) is 9.59 Å². The third kappa shape index (κ3) is 4.74. The molecule has 1 amide bonds. The normalized spacial score (nSPS) is 11.0. The minimum atomic E-state index is -0.153. The van der Waals surface area contributed by atoms with Gasteiger partial charge in [-0.2, -0.15) is 0 Å². The molecule has 2 aromatic carbocycles. The number of H-pyrrole nitrogens is 1. The van der Waals surface area contributed by atoms with Gasteiger partial charge in [0.05, 0.1) is 10.9 Å². The van der Waals surface area contributed by atoms with Gasteiger partial charge in [0.1, 0.15) is 12.2 Å². The third-order valence-electron chi connectivity index (χ3n) is 4.50. The highest BCUT2D eigenvalue weighted by Gasteiger charge is 2.07. The van der Waals surface area contributed by atoms with Gasteiger partial charge in [-0.05, 0) is 54.6 Å². The van der Waals surface area contributed by atoms with Gasteiger partial charge >= 0.3 is 0 Å². The number of aromatic nitrogens is 5. The highest BCUT2D eigenvalue weighted by atomic mass is 32.2. The molecule has 0 fully saturated rings. The Labute approximate surface area is 176 Å². The van der Waals surface area contributed by atoms with Crippen molar-refractivity contribution < 1.29 is 4.79 Å². The number of carbonyl (C=O) groups is 1. The standard InChI is InChI=1S/C21H20N6O2S/c1-27-13-22-26-21(27)30-15-11-9-14(10-12-15)23-19(28)8-4-7-18-24-17-6-3-2-5-16(17)20(29)25-18/h2-3,5-6,9-13H,4,7-8H2,1H3,(H,23,28)(H,24,25,29). The number of para-hydroxylation sites is 1. The summed E-state index contributed by atoms with van der Waals surface area (Å²) in [7, 11) is 1.89. The van der Waals surface area contributed by atoms with Crippen molar-refractivity contribution in [3.05, 3.63) is 71.0 Å². The van der Waals surface area contributed by atoms with Crippen LogP contribution in [0.25, 0.3) is 10.9 Å². The molecule has 8 nitrogen and oxygen atoms in total. The van der Waals surface area contributed by atoms with Gasteiger partial charge < -0.3 is 14.9 Å². The summed E-state index contributed by atoms with van der Waals surface area (Å²) in [6, 6.07) is 14.8. The Kier molecular flexibility index (Phi) is 5.89. The first-order valence-corrected chi connectivity index (χ1v) is 10.3. The lowest BCUT2D eigenvalue weighted by Gasteiger charge is -2.07. The van der Waals surface area contributed by atoms with E-state index in [1.165, 1.54) is 11.8 Å². The van der Waals surface area contributed by atoms with Crippen molar-refractivity contribution in [3.63, 3.8) is 0 Å². The zero-order chi connectivity index (χ0) is 20.9. The fraction of sp³-hybridized carbons (Fsp3) is 0.190. The van der Waals surface area contributed by atoms with E-state index >= 15 is 0 Å². The highest BCUT2D eigenvalue weighted by molar-refractivity contribution is 7.99. The van der Waals surface area contributed by atoms with E-state index in [2.05, 4.69) is 25.5 Å². The molecule has 0 saturated carbocycles. The number of aromatic amines is 1. The number of nitrogens with zero attached hydrogens (tertiary/aromatic N) is 4. The maximum absolute atomic E-state index is 12.2. The van der Waals surface area contributed by atoms with Crippen molar-refractivity contribution in [2.45, 2.75) is 29.3 Å². The van der Waals surface area contributed by atoms with Crippen molar-refractivity contribution in [3.8, 4) is 0 Å². The Morgan fingerprint density at radius 1 is 1.17 bits per heavy atom. The number of rotatable bonds is 7. The molecule has 2 aromatic heterocycles. The average molecular weight is 420 g/mol. The van der Waals surface area contributed by atoms with Crippen LogP contribution < -0.4 is 10.9 Å². The Morgan fingerprint density at radius 3 is 2.73 bits per heavy atom. The van der Waals surface area contributed by atoms with E-state index in [0.717, 1.165) is 15.7 Å².